The van der Waals surface area contributed by atoms with Crippen molar-refractivity contribution in [2.24, 2.45) is 0 Å². The van der Waals surface area contributed by atoms with E-state index in [2.05, 4.69) is 10.1 Å². The fraction of sp³-hybridized carbons (Fsp3) is 0.357. The van der Waals surface area contributed by atoms with Gasteiger partial charge in [-0.15, -0.1) is 5.10 Å². The van der Waals surface area contributed by atoms with Crippen LogP contribution in [-0.2, 0) is 11.3 Å². The summed E-state index contributed by atoms with van der Waals surface area (Å²) < 4.78 is 1.63. The van der Waals surface area contributed by atoms with E-state index >= 15 is 0 Å². The van der Waals surface area contributed by atoms with E-state index in [9.17, 15) is 9.90 Å². The third-order valence-electron chi connectivity index (χ3n) is 3.79. The van der Waals surface area contributed by atoms with Crippen LogP contribution in [0.15, 0.2) is 24.3 Å². The third-order valence-corrected chi connectivity index (χ3v) is 3.79. The Kier molecular flexibility index (Phi) is 2.93. The number of nitrogens with zero attached hydrogens (tertiary/aromatic N) is 3. The molecule has 3 rings (SSSR count). The first-order valence-electron chi connectivity index (χ1n) is 6.54. The van der Waals surface area contributed by atoms with Gasteiger partial charge in [0, 0.05) is 5.92 Å². The minimum Gasteiger partial charge on any atom is -0.481 e. The zero-order chi connectivity index (χ0) is 14.3. The van der Waals surface area contributed by atoms with Crippen molar-refractivity contribution in [2.45, 2.75) is 31.7 Å². The number of aliphatic carboxylic acids is 1. The van der Waals surface area contributed by atoms with Crippen molar-refractivity contribution in [3.05, 3.63) is 41.2 Å². The van der Waals surface area contributed by atoms with Crippen molar-refractivity contribution < 1.29 is 9.90 Å². The highest BCUT2D eigenvalue weighted by Gasteiger charge is 2.35. The summed E-state index contributed by atoms with van der Waals surface area (Å²) >= 11 is 0. The van der Waals surface area contributed by atoms with Gasteiger partial charge in [0.25, 0.3) is 0 Å². The van der Waals surface area contributed by atoms with E-state index < -0.39 is 11.9 Å². The third kappa shape index (κ3) is 2.13. The lowest BCUT2D eigenvalue weighted by Crippen LogP contribution is -2.28. The molecule has 3 N–H and O–H groups in total. The lowest BCUT2D eigenvalue weighted by Gasteiger charge is -2.27. The molecule has 1 aliphatic heterocycles. The second-order valence-electron chi connectivity index (χ2n) is 5.24. The van der Waals surface area contributed by atoms with E-state index in [1.54, 1.807) is 4.68 Å². The molecular formula is C14H16N4O2. The lowest BCUT2D eigenvalue weighted by atomic mass is 9.85. The normalized spacial score (nSPS) is 21.4. The maximum absolute atomic E-state index is 11.4. The number of anilines is 1. The highest BCUT2D eigenvalue weighted by molar-refractivity contribution is 5.75. The molecule has 6 heteroatoms. The maximum atomic E-state index is 11.4. The molecule has 104 valence electrons. The van der Waals surface area contributed by atoms with Crippen LogP contribution in [-0.4, -0.2) is 25.8 Å². The monoisotopic (exact) mass is 272 g/mol. The molecule has 0 spiro atoms. The van der Waals surface area contributed by atoms with Crippen LogP contribution in [0.3, 0.4) is 0 Å². The number of carbonyl (C=O) groups is 1. The summed E-state index contributed by atoms with van der Waals surface area (Å²) in [6.45, 7) is 2.65. The molecule has 0 saturated carbocycles. The van der Waals surface area contributed by atoms with Crippen molar-refractivity contribution in [2.75, 3.05) is 5.73 Å². The van der Waals surface area contributed by atoms with Crippen LogP contribution in [0.2, 0.25) is 0 Å². The summed E-state index contributed by atoms with van der Waals surface area (Å²) in [5.41, 5.74) is 7.90. The minimum atomic E-state index is -0.879. The number of nitrogens with two attached hydrogens (primary N) is 1. The predicted octanol–water partition coefficient (Wildman–Crippen LogP) is 1.52. The van der Waals surface area contributed by atoms with Crippen molar-refractivity contribution in [1.29, 1.82) is 0 Å². The number of hydrogen-bond donors (Lipinski definition) is 2. The first-order valence-corrected chi connectivity index (χ1v) is 6.54. The number of carboxylic acids is 1. The molecule has 0 radical (unpaired) electrons. The van der Waals surface area contributed by atoms with Gasteiger partial charge in [0.2, 0.25) is 5.95 Å². The Labute approximate surface area is 116 Å². The minimum absolute atomic E-state index is 0.116. The second kappa shape index (κ2) is 4.63. The quantitative estimate of drug-likeness (QED) is 0.864. The molecule has 0 fully saturated rings. The van der Waals surface area contributed by atoms with Gasteiger partial charge in [-0.1, -0.05) is 29.8 Å². The molecule has 1 aromatic heterocycles. The molecule has 2 atom stereocenters. The average Bonchev–Trinajstić information content (AvgIpc) is 2.78. The Morgan fingerprint density at radius 2 is 2.10 bits per heavy atom. The molecule has 1 aliphatic rings. The van der Waals surface area contributed by atoms with Gasteiger partial charge in [-0.05, 0) is 18.9 Å². The highest BCUT2D eigenvalue weighted by atomic mass is 16.4. The van der Waals surface area contributed by atoms with Gasteiger partial charge in [0.15, 0.2) is 0 Å². The zero-order valence-electron chi connectivity index (χ0n) is 11.2. The van der Waals surface area contributed by atoms with Crippen LogP contribution >= 0.6 is 0 Å². The highest BCUT2D eigenvalue weighted by Crippen LogP contribution is 2.35. The van der Waals surface area contributed by atoms with E-state index in [-0.39, 0.29) is 11.9 Å². The van der Waals surface area contributed by atoms with Crippen molar-refractivity contribution >= 4 is 11.9 Å². The number of nitrogen functional groups attached to an aromatic ring is 1. The van der Waals surface area contributed by atoms with Gasteiger partial charge in [0.05, 0.1) is 6.54 Å². The topological polar surface area (TPSA) is 94.0 Å². The molecule has 6 nitrogen and oxygen atoms in total. The zero-order valence-corrected chi connectivity index (χ0v) is 11.2. The van der Waals surface area contributed by atoms with Crippen molar-refractivity contribution in [1.82, 2.24) is 14.8 Å². The van der Waals surface area contributed by atoms with E-state index in [4.69, 9.17) is 5.73 Å². The van der Waals surface area contributed by atoms with Gasteiger partial charge in [-0.2, -0.15) is 4.98 Å². The van der Waals surface area contributed by atoms with Gasteiger partial charge >= 0.3 is 5.97 Å². The SMILES string of the molecule is Cc1ccc(C2CC(C(=O)O)c3nc(N)nn3C2)cc1. The van der Waals surface area contributed by atoms with Crippen LogP contribution in [0.4, 0.5) is 5.95 Å². The molecule has 2 heterocycles. The maximum Gasteiger partial charge on any atom is 0.314 e. The Hall–Kier alpha value is -2.37. The van der Waals surface area contributed by atoms with E-state index in [0.29, 0.717) is 18.8 Å². The molecule has 20 heavy (non-hydrogen) atoms. The fourth-order valence-electron chi connectivity index (χ4n) is 2.73. The van der Waals surface area contributed by atoms with Crippen LogP contribution in [0.5, 0.6) is 0 Å². The van der Waals surface area contributed by atoms with Crippen molar-refractivity contribution in [3.63, 3.8) is 0 Å². The number of aromatic nitrogens is 3. The molecule has 1 aromatic carbocycles. The number of fused-ring (bicyclic) bond motifs is 1. The number of aryl methyl sites for hydroxylation is 1. The molecule has 0 aliphatic carbocycles. The standard InChI is InChI=1S/C14H16N4O2/c1-8-2-4-9(5-3-8)10-6-11(13(19)20)12-16-14(15)17-18(12)7-10/h2-5,10-11H,6-7H2,1H3,(H2,15,17)(H,19,20). The predicted molar refractivity (Wildman–Crippen MR) is 73.3 cm³/mol. The van der Waals surface area contributed by atoms with E-state index in [1.165, 1.54) is 5.56 Å². The first-order chi connectivity index (χ1) is 9.54. The Balaban J connectivity index is 1.97. The summed E-state index contributed by atoms with van der Waals surface area (Å²) in [4.78, 5) is 15.5. The molecular weight excluding hydrogens is 256 g/mol. The lowest BCUT2D eigenvalue weighted by molar-refractivity contribution is -0.139. The summed E-state index contributed by atoms with van der Waals surface area (Å²) in [7, 11) is 0. The Bertz CT molecular complexity index is 648. The number of carboxylic acid groups (broad SMARTS) is 1. The van der Waals surface area contributed by atoms with Crippen LogP contribution in [0, 0.1) is 6.92 Å². The fourth-order valence-corrected chi connectivity index (χ4v) is 2.73. The van der Waals surface area contributed by atoms with Gasteiger partial charge in [-0.3, -0.25) is 4.79 Å². The van der Waals surface area contributed by atoms with Crippen molar-refractivity contribution in [3.8, 4) is 0 Å². The molecule has 0 bridgehead atoms. The summed E-state index contributed by atoms with van der Waals surface area (Å²) in [5, 5.41) is 13.5. The van der Waals surface area contributed by atoms with E-state index in [1.807, 2.05) is 31.2 Å². The second-order valence-corrected chi connectivity index (χ2v) is 5.24. The van der Waals surface area contributed by atoms with Gasteiger partial charge in [-0.25, -0.2) is 4.68 Å². The number of rotatable bonds is 2. The van der Waals surface area contributed by atoms with Gasteiger partial charge < -0.3 is 10.8 Å². The summed E-state index contributed by atoms with van der Waals surface area (Å²) in [6.07, 6.45) is 0.524. The summed E-state index contributed by atoms with van der Waals surface area (Å²) in [5.74, 6) is -0.824. The smallest absolute Gasteiger partial charge is 0.314 e. The van der Waals surface area contributed by atoms with E-state index in [0.717, 1.165) is 5.56 Å². The molecule has 2 aromatic rings. The largest absolute Gasteiger partial charge is 0.481 e. The number of hydrogen-bond acceptors (Lipinski definition) is 4. The Morgan fingerprint density at radius 1 is 1.40 bits per heavy atom. The van der Waals surface area contributed by atoms with Gasteiger partial charge in [0.1, 0.15) is 11.7 Å². The Morgan fingerprint density at radius 3 is 2.75 bits per heavy atom. The van der Waals surface area contributed by atoms with Crippen LogP contribution in [0.1, 0.15) is 35.2 Å². The van der Waals surface area contributed by atoms with Crippen LogP contribution < -0.4 is 5.73 Å². The molecule has 2 unspecified atom stereocenters. The first kappa shape index (κ1) is 12.7. The summed E-state index contributed by atoms with van der Waals surface area (Å²) in [6, 6.07) is 8.17. The molecule has 0 saturated heterocycles. The molecule has 0 amide bonds. The van der Waals surface area contributed by atoms with Crippen LogP contribution in [0.25, 0.3) is 0 Å². The number of benzene rings is 1. The average molecular weight is 272 g/mol.